The number of carbonyl (C=O) groups is 2. The van der Waals surface area contributed by atoms with Crippen molar-refractivity contribution in [1.82, 2.24) is 25.9 Å². The van der Waals surface area contributed by atoms with Gasteiger partial charge in [-0.05, 0) is 91.6 Å². The van der Waals surface area contributed by atoms with Crippen LogP contribution in [0.3, 0.4) is 0 Å². The van der Waals surface area contributed by atoms with E-state index in [2.05, 4.69) is 80.4 Å². The summed E-state index contributed by atoms with van der Waals surface area (Å²) in [7, 11) is 3.20. The van der Waals surface area contributed by atoms with Crippen LogP contribution in [-0.2, 0) is 0 Å². The Labute approximate surface area is 223 Å². The fourth-order valence-corrected chi connectivity index (χ4v) is 4.38. The molecule has 0 spiro atoms. The first-order valence-corrected chi connectivity index (χ1v) is 12.7. The third-order valence-electron chi connectivity index (χ3n) is 4.30. The number of hydrogen-bond donors (Lipinski definition) is 3. The highest BCUT2D eigenvalue weighted by molar-refractivity contribution is 14.1. The zero-order valence-corrected chi connectivity index (χ0v) is 23.5. The lowest BCUT2D eigenvalue weighted by atomic mass is 10.3. The summed E-state index contributed by atoms with van der Waals surface area (Å²) in [5.41, 5.74) is 0. The van der Waals surface area contributed by atoms with Crippen molar-refractivity contribution >= 4 is 72.3 Å². The van der Waals surface area contributed by atoms with Crippen molar-refractivity contribution in [2.24, 2.45) is 0 Å². The lowest BCUT2D eigenvalue weighted by Crippen LogP contribution is -2.46. The van der Waals surface area contributed by atoms with E-state index in [9.17, 15) is 9.59 Å². The van der Waals surface area contributed by atoms with Crippen LogP contribution in [-0.4, -0.2) is 62.4 Å². The molecule has 13 heteroatoms. The predicted octanol–water partition coefficient (Wildman–Crippen LogP) is 3.92. The van der Waals surface area contributed by atoms with Crippen LogP contribution < -0.4 is 30.3 Å². The Morgan fingerprint density at radius 1 is 0.879 bits per heavy atom. The Balaban J connectivity index is 0.000000193. The highest BCUT2D eigenvalue weighted by Crippen LogP contribution is 2.26. The normalized spacial score (nSPS) is 14.9. The number of carbonyl (C=O) groups excluding carboxylic acids is 2. The molecule has 3 N–H and O–H groups in total. The summed E-state index contributed by atoms with van der Waals surface area (Å²) in [6, 6.07) is 7.19. The molecule has 4 amide bonds. The summed E-state index contributed by atoms with van der Waals surface area (Å²) in [4.78, 5) is 31.8. The minimum absolute atomic E-state index is 0.0359. The molecule has 2 aliphatic rings. The van der Waals surface area contributed by atoms with Gasteiger partial charge < -0.3 is 25.4 Å². The van der Waals surface area contributed by atoms with E-state index >= 15 is 0 Å². The topological polar surface area (TPSA) is 118 Å². The van der Waals surface area contributed by atoms with Crippen LogP contribution in [0.4, 0.5) is 15.4 Å². The monoisotopic (exact) mass is 698 g/mol. The Morgan fingerprint density at radius 3 is 1.94 bits per heavy atom. The lowest BCUT2D eigenvalue weighted by Gasteiger charge is -2.26. The fraction of sp³-hybridized carbons (Fsp3) is 0.400. The molecule has 2 aromatic rings. The fourth-order valence-electron chi connectivity index (χ4n) is 2.67. The first-order valence-electron chi connectivity index (χ1n) is 9.99. The van der Waals surface area contributed by atoms with Gasteiger partial charge in [0.2, 0.25) is 0 Å². The van der Waals surface area contributed by atoms with Crippen LogP contribution in [0.25, 0.3) is 0 Å². The van der Waals surface area contributed by atoms with Crippen molar-refractivity contribution in [2.45, 2.75) is 12.8 Å². The van der Waals surface area contributed by atoms with Gasteiger partial charge in [-0.3, -0.25) is 4.90 Å². The smallest absolute Gasteiger partial charge is 0.323 e. The standard InChI is InChI=1S/C10H12BrN3O2.C6H5BrINO.C4H8N2O/c1-16-7-3-4-8(13-9(7)11)14-6-2-5-12-10(14)15;1-10-4-2-3-5(8)9-6(4)7;7-4-5-2-1-3-6-4/h3-4H,2,5-6H2,1H3,(H,12,15);2-3H,1H3;1-3H2,(H2,5,6,7). The largest absolute Gasteiger partial charge is 0.494 e. The average molecular weight is 700 g/mol. The number of hydrogen-bond acceptors (Lipinski definition) is 6. The first kappa shape index (κ1) is 27.4. The highest BCUT2D eigenvalue weighted by atomic mass is 127. The van der Waals surface area contributed by atoms with E-state index in [1.54, 1.807) is 31.3 Å². The molecule has 10 nitrogen and oxygen atoms in total. The lowest BCUT2D eigenvalue weighted by molar-refractivity contribution is 0.236. The molecule has 0 aromatic carbocycles. The maximum Gasteiger partial charge on any atom is 0.323 e. The summed E-state index contributed by atoms with van der Waals surface area (Å²) < 4.78 is 12.4. The number of amides is 4. The predicted molar refractivity (Wildman–Crippen MR) is 141 cm³/mol. The van der Waals surface area contributed by atoms with Gasteiger partial charge in [0.05, 0.1) is 14.2 Å². The van der Waals surface area contributed by atoms with Crippen LogP contribution >= 0.6 is 54.5 Å². The molecule has 0 atom stereocenters. The Hall–Kier alpha value is -1.87. The number of nitrogens with one attached hydrogen (secondary N) is 3. The Kier molecular flexibility index (Phi) is 11.9. The van der Waals surface area contributed by atoms with Crippen molar-refractivity contribution in [1.29, 1.82) is 0 Å². The van der Waals surface area contributed by atoms with Crippen LogP contribution in [0.15, 0.2) is 33.5 Å². The molecule has 33 heavy (non-hydrogen) atoms. The molecule has 0 aliphatic carbocycles. The van der Waals surface area contributed by atoms with E-state index in [1.165, 1.54) is 0 Å². The number of halogens is 3. The number of aromatic nitrogens is 2. The third kappa shape index (κ3) is 9.12. The summed E-state index contributed by atoms with van der Waals surface area (Å²) in [6.07, 6.45) is 1.98. The van der Waals surface area contributed by atoms with E-state index in [0.29, 0.717) is 22.7 Å². The van der Waals surface area contributed by atoms with Gasteiger partial charge in [0, 0.05) is 26.2 Å². The average Bonchev–Trinajstić information content (AvgIpc) is 2.81. The molecule has 180 valence electrons. The maximum absolute atomic E-state index is 11.6. The van der Waals surface area contributed by atoms with Crippen molar-refractivity contribution in [3.63, 3.8) is 0 Å². The van der Waals surface area contributed by atoms with E-state index in [4.69, 9.17) is 9.47 Å². The highest BCUT2D eigenvalue weighted by Gasteiger charge is 2.20. The zero-order chi connectivity index (χ0) is 24.2. The van der Waals surface area contributed by atoms with Crippen LogP contribution in [0.1, 0.15) is 12.8 Å². The Bertz CT molecular complexity index is 945. The third-order valence-corrected chi connectivity index (χ3v) is 6.04. The number of methoxy groups -OCH3 is 2. The molecular formula is C20H25Br2IN6O4. The number of rotatable bonds is 3. The van der Waals surface area contributed by atoms with E-state index in [0.717, 1.165) is 46.5 Å². The quantitative estimate of drug-likeness (QED) is 0.331. The molecule has 0 saturated carbocycles. The van der Waals surface area contributed by atoms with Crippen molar-refractivity contribution in [3.8, 4) is 11.5 Å². The van der Waals surface area contributed by atoms with E-state index in [1.807, 2.05) is 12.1 Å². The Morgan fingerprint density at radius 2 is 1.45 bits per heavy atom. The van der Waals surface area contributed by atoms with Crippen LogP contribution in [0.2, 0.25) is 0 Å². The molecule has 0 unspecified atom stereocenters. The minimum Gasteiger partial charge on any atom is -0.494 e. The molecule has 2 aromatic heterocycles. The number of anilines is 1. The van der Waals surface area contributed by atoms with Gasteiger partial charge in [-0.25, -0.2) is 19.6 Å². The number of urea groups is 2. The second kappa shape index (κ2) is 14.4. The van der Waals surface area contributed by atoms with Crippen molar-refractivity contribution in [3.05, 3.63) is 37.2 Å². The molecule has 4 rings (SSSR count). The second-order valence-electron chi connectivity index (χ2n) is 6.56. The van der Waals surface area contributed by atoms with Crippen LogP contribution in [0, 0.1) is 3.70 Å². The van der Waals surface area contributed by atoms with Gasteiger partial charge in [0.1, 0.15) is 18.7 Å². The number of nitrogens with zero attached hydrogens (tertiary/aromatic N) is 3. The first-order chi connectivity index (χ1) is 15.8. The zero-order valence-electron chi connectivity index (χ0n) is 18.2. The minimum atomic E-state index is -0.101. The van der Waals surface area contributed by atoms with Crippen molar-refractivity contribution in [2.75, 3.05) is 45.3 Å². The SMILES string of the molecule is COc1ccc(I)nc1Br.COc1ccc(N2CCCNC2=O)nc1Br.O=C1NCCCN1. The molecule has 0 bridgehead atoms. The van der Waals surface area contributed by atoms with E-state index in [-0.39, 0.29) is 12.1 Å². The maximum atomic E-state index is 11.6. The second-order valence-corrected chi connectivity index (χ2v) is 9.17. The number of ether oxygens (including phenoxy) is 2. The molecule has 2 aliphatic heterocycles. The van der Waals surface area contributed by atoms with Gasteiger partial charge in [0.25, 0.3) is 0 Å². The summed E-state index contributed by atoms with van der Waals surface area (Å²) in [5, 5.41) is 8.04. The van der Waals surface area contributed by atoms with Gasteiger partial charge in [-0.1, -0.05) is 0 Å². The summed E-state index contributed by atoms with van der Waals surface area (Å²) in [5.74, 6) is 2.05. The van der Waals surface area contributed by atoms with Gasteiger partial charge in [-0.15, -0.1) is 0 Å². The molecule has 2 fully saturated rings. The van der Waals surface area contributed by atoms with Gasteiger partial charge in [-0.2, -0.15) is 0 Å². The molecule has 4 heterocycles. The van der Waals surface area contributed by atoms with Gasteiger partial charge in [0.15, 0.2) is 11.5 Å². The molecule has 2 saturated heterocycles. The van der Waals surface area contributed by atoms with Gasteiger partial charge >= 0.3 is 12.1 Å². The van der Waals surface area contributed by atoms with Crippen LogP contribution in [0.5, 0.6) is 11.5 Å². The van der Waals surface area contributed by atoms with E-state index < -0.39 is 0 Å². The summed E-state index contributed by atoms with van der Waals surface area (Å²) >= 11 is 8.71. The number of pyridine rings is 2. The van der Waals surface area contributed by atoms with Crippen molar-refractivity contribution < 1.29 is 19.1 Å². The molecule has 0 radical (unpaired) electrons. The summed E-state index contributed by atoms with van der Waals surface area (Å²) in [6.45, 7) is 3.07. The molecular weight excluding hydrogens is 675 g/mol.